The van der Waals surface area contributed by atoms with E-state index in [0.717, 1.165) is 32.1 Å². The van der Waals surface area contributed by atoms with Crippen molar-refractivity contribution in [2.75, 3.05) is 24.2 Å². The summed E-state index contributed by atoms with van der Waals surface area (Å²) in [7, 11) is -3.27. The number of nitrogens with zero attached hydrogens (tertiary/aromatic N) is 6. The summed E-state index contributed by atoms with van der Waals surface area (Å²) in [6.07, 6.45) is 4.11. The van der Waals surface area contributed by atoms with Crippen LogP contribution < -0.4 is 9.62 Å². The van der Waals surface area contributed by atoms with Crippen molar-refractivity contribution in [2.45, 2.75) is 38.7 Å². The Morgan fingerprint density at radius 2 is 2.06 bits per heavy atom. The average Bonchev–Trinajstić information content (AvgIpc) is 3.20. The maximum absolute atomic E-state index is 13.1. The minimum atomic E-state index is -3.27. The molecular formula is C20H25F2N7O2S. The van der Waals surface area contributed by atoms with Crippen molar-refractivity contribution in [3.05, 3.63) is 36.4 Å². The molecule has 172 valence electrons. The van der Waals surface area contributed by atoms with E-state index in [1.165, 1.54) is 23.0 Å². The maximum atomic E-state index is 13.1. The number of aromatic nitrogens is 5. The number of rotatable bonds is 7. The third kappa shape index (κ3) is 4.70. The van der Waals surface area contributed by atoms with Crippen LogP contribution in [0.3, 0.4) is 0 Å². The van der Waals surface area contributed by atoms with E-state index in [9.17, 15) is 17.2 Å². The fourth-order valence-electron chi connectivity index (χ4n) is 4.29. The number of fused-ring (bicyclic) bond motifs is 1. The summed E-state index contributed by atoms with van der Waals surface area (Å²) in [5.74, 6) is 0.846. The van der Waals surface area contributed by atoms with Crippen molar-refractivity contribution in [2.24, 2.45) is 5.92 Å². The molecule has 9 nitrogen and oxygen atoms in total. The number of sulfonamides is 1. The topological polar surface area (TPSA) is 105 Å². The second-order valence-electron chi connectivity index (χ2n) is 7.93. The average molecular weight is 466 g/mol. The molecule has 0 saturated carbocycles. The van der Waals surface area contributed by atoms with Crippen LogP contribution in [-0.2, 0) is 10.0 Å². The lowest BCUT2D eigenvalue weighted by atomic mass is 9.87. The van der Waals surface area contributed by atoms with Crippen LogP contribution in [0.25, 0.3) is 17.0 Å². The SMILES string of the molecule is CCC1C(CNS(C)(=O)=O)CCCN1c1cc(-c2cnc3ccc(C(F)F)nn23)ncn1. The van der Waals surface area contributed by atoms with E-state index in [1.807, 2.05) is 0 Å². The number of piperidine rings is 1. The van der Waals surface area contributed by atoms with Crippen LogP contribution in [0.15, 0.2) is 30.7 Å². The molecule has 4 heterocycles. The van der Waals surface area contributed by atoms with Crippen molar-refractivity contribution in [1.29, 1.82) is 0 Å². The summed E-state index contributed by atoms with van der Waals surface area (Å²) in [5, 5.41) is 4.01. The molecule has 1 aliphatic heterocycles. The number of hydrogen-bond donors (Lipinski definition) is 1. The highest BCUT2D eigenvalue weighted by atomic mass is 32.2. The predicted molar refractivity (Wildman–Crippen MR) is 116 cm³/mol. The Bertz CT molecular complexity index is 1200. The van der Waals surface area contributed by atoms with E-state index in [0.29, 0.717) is 29.4 Å². The van der Waals surface area contributed by atoms with Gasteiger partial charge in [-0.2, -0.15) is 5.10 Å². The molecular weight excluding hydrogens is 440 g/mol. The van der Waals surface area contributed by atoms with E-state index >= 15 is 0 Å². The predicted octanol–water partition coefficient (Wildman–Crippen LogP) is 2.67. The first-order chi connectivity index (χ1) is 15.3. The lowest BCUT2D eigenvalue weighted by Gasteiger charge is -2.42. The van der Waals surface area contributed by atoms with E-state index in [4.69, 9.17) is 0 Å². The summed E-state index contributed by atoms with van der Waals surface area (Å²) in [4.78, 5) is 15.2. The largest absolute Gasteiger partial charge is 0.353 e. The molecule has 0 radical (unpaired) electrons. The summed E-state index contributed by atoms with van der Waals surface area (Å²) >= 11 is 0. The van der Waals surface area contributed by atoms with Crippen molar-refractivity contribution < 1.29 is 17.2 Å². The van der Waals surface area contributed by atoms with Gasteiger partial charge in [-0.3, -0.25) is 0 Å². The third-order valence-corrected chi connectivity index (χ3v) is 6.45. The van der Waals surface area contributed by atoms with Gasteiger partial charge in [-0.1, -0.05) is 6.92 Å². The Hall–Kier alpha value is -2.73. The normalized spacial score (nSPS) is 19.7. The van der Waals surface area contributed by atoms with Crippen molar-refractivity contribution in [1.82, 2.24) is 29.3 Å². The Morgan fingerprint density at radius 1 is 1.25 bits per heavy atom. The van der Waals surface area contributed by atoms with E-state index in [2.05, 4.69) is 36.6 Å². The number of imidazole rings is 1. The van der Waals surface area contributed by atoms with E-state index < -0.39 is 16.4 Å². The standard InChI is InChI=1S/C20H25F2N7O2S/c1-3-16-13(10-26-32(2,30)31)5-4-8-28(16)19-9-15(24-12-25-19)17-11-23-18-7-6-14(20(21)22)27-29(17)18/h6-7,9,11-13,16,20,26H,3-5,8,10H2,1-2H3. The number of alkyl halides is 2. The summed E-state index contributed by atoms with van der Waals surface area (Å²) in [6, 6.07) is 4.66. The van der Waals surface area contributed by atoms with Crippen LogP contribution in [0.5, 0.6) is 0 Å². The highest BCUT2D eigenvalue weighted by molar-refractivity contribution is 7.88. The van der Waals surface area contributed by atoms with Crippen molar-refractivity contribution in [3.63, 3.8) is 0 Å². The number of halogens is 2. The first kappa shape index (κ1) is 22.5. The van der Waals surface area contributed by atoms with Gasteiger partial charge in [-0.25, -0.2) is 41.4 Å². The van der Waals surface area contributed by atoms with Gasteiger partial charge in [0.2, 0.25) is 10.0 Å². The molecule has 1 saturated heterocycles. The van der Waals surface area contributed by atoms with Gasteiger partial charge in [-0.05, 0) is 37.3 Å². The van der Waals surface area contributed by atoms with Crippen LogP contribution in [0, 0.1) is 5.92 Å². The smallest absolute Gasteiger partial charge is 0.282 e. The molecule has 1 N–H and O–H groups in total. The van der Waals surface area contributed by atoms with Gasteiger partial charge in [-0.15, -0.1) is 0 Å². The van der Waals surface area contributed by atoms with Crippen LogP contribution in [0.1, 0.15) is 38.3 Å². The fraction of sp³-hybridized carbons (Fsp3) is 0.500. The highest BCUT2D eigenvalue weighted by Crippen LogP contribution is 2.31. The van der Waals surface area contributed by atoms with Gasteiger partial charge >= 0.3 is 0 Å². The molecule has 1 fully saturated rings. The van der Waals surface area contributed by atoms with E-state index in [1.54, 1.807) is 12.3 Å². The molecule has 3 aromatic heterocycles. The Kier molecular flexibility index (Phi) is 6.33. The second kappa shape index (κ2) is 9.02. The molecule has 2 unspecified atom stereocenters. The first-order valence-corrected chi connectivity index (χ1v) is 12.3. The molecule has 3 aromatic rings. The van der Waals surface area contributed by atoms with Crippen LogP contribution in [-0.4, -0.2) is 58.4 Å². The fourth-order valence-corrected chi connectivity index (χ4v) is 4.81. The van der Waals surface area contributed by atoms with E-state index in [-0.39, 0.29) is 17.7 Å². The maximum Gasteiger partial charge on any atom is 0.282 e. The summed E-state index contributed by atoms with van der Waals surface area (Å²) in [6.45, 7) is 3.23. The minimum Gasteiger partial charge on any atom is -0.353 e. The van der Waals surface area contributed by atoms with Crippen LogP contribution in [0.2, 0.25) is 0 Å². The molecule has 0 spiro atoms. The zero-order valence-electron chi connectivity index (χ0n) is 17.8. The second-order valence-corrected chi connectivity index (χ2v) is 9.76. The Morgan fingerprint density at radius 3 is 2.78 bits per heavy atom. The number of hydrogen-bond acceptors (Lipinski definition) is 7. The van der Waals surface area contributed by atoms with Gasteiger partial charge in [0.15, 0.2) is 5.65 Å². The lowest BCUT2D eigenvalue weighted by Crippen LogP contribution is -2.49. The lowest BCUT2D eigenvalue weighted by molar-refractivity contribution is 0.144. The molecule has 0 bridgehead atoms. The first-order valence-electron chi connectivity index (χ1n) is 10.4. The highest BCUT2D eigenvalue weighted by Gasteiger charge is 2.31. The minimum absolute atomic E-state index is 0.103. The molecule has 32 heavy (non-hydrogen) atoms. The number of anilines is 1. The van der Waals surface area contributed by atoms with Gasteiger partial charge in [0, 0.05) is 25.2 Å². The number of nitrogens with one attached hydrogen (secondary N) is 1. The van der Waals surface area contributed by atoms with Gasteiger partial charge in [0.05, 0.1) is 18.1 Å². The third-order valence-electron chi connectivity index (χ3n) is 5.76. The molecule has 0 aromatic carbocycles. The van der Waals surface area contributed by atoms with Gasteiger partial charge in [0.25, 0.3) is 6.43 Å². The van der Waals surface area contributed by atoms with Crippen molar-refractivity contribution >= 4 is 21.5 Å². The molecule has 0 amide bonds. The molecule has 0 aliphatic carbocycles. The molecule has 2 atom stereocenters. The quantitative estimate of drug-likeness (QED) is 0.572. The molecule has 4 rings (SSSR count). The summed E-state index contributed by atoms with van der Waals surface area (Å²) in [5.41, 5.74) is 1.12. The van der Waals surface area contributed by atoms with Gasteiger partial charge < -0.3 is 4.90 Å². The Labute approximate surface area is 184 Å². The van der Waals surface area contributed by atoms with Crippen molar-refractivity contribution in [3.8, 4) is 11.4 Å². The van der Waals surface area contributed by atoms with Gasteiger partial charge in [0.1, 0.15) is 23.5 Å². The van der Waals surface area contributed by atoms with Crippen LogP contribution >= 0.6 is 0 Å². The monoisotopic (exact) mass is 465 g/mol. The molecule has 12 heteroatoms. The van der Waals surface area contributed by atoms with Crippen LogP contribution in [0.4, 0.5) is 14.6 Å². The molecule has 1 aliphatic rings. The zero-order valence-corrected chi connectivity index (χ0v) is 18.6. The Balaban J connectivity index is 1.65. The zero-order chi connectivity index (χ0) is 22.9. The summed E-state index contributed by atoms with van der Waals surface area (Å²) < 4.78 is 53.4.